The number of carbonyl (C=O) groups is 1. The van der Waals surface area contributed by atoms with Gasteiger partial charge in [-0.1, -0.05) is 0 Å². The number of pyridine rings is 1. The van der Waals surface area contributed by atoms with E-state index in [1.807, 2.05) is 17.0 Å². The molecule has 2 saturated heterocycles. The summed E-state index contributed by atoms with van der Waals surface area (Å²) in [5.74, 6) is 0.266. The summed E-state index contributed by atoms with van der Waals surface area (Å²) >= 11 is 0. The highest BCUT2D eigenvalue weighted by Crippen LogP contribution is 2.15. The molecule has 3 heterocycles. The molecule has 2 aliphatic heterocycles. The lowest BCUT2D eigenvalue weighted by Crippen LogP contribution is -2.63. The van der Waals surface area contributed by atoms with Crippen LogP contribution in [-0.2, 0) is 11.3 Å². The third-order valence-electron chi connectivity index (χ3n) is 3.65. The number of aromatic nitrogens is 1. The van der Waals surface area contributed by atoms with Gasteiger partial charge in [-0.05, 0) is 17.7 Å². The minimum absolute atomic E-state index is 0.266. The van der Waals surface area contributed by atoms with Crippen LogP contribution in [0.25, 0.3) is 0 Å². The van der Waals surface area contributed by atoms with Crippen LogP contribution in [-0.4, -0.2) is 59.5 Å². The smallest absolute Gasteiger partial charge is 0.237 e. The SMILES string of the molecule is O=C1CN(Cc2ccncc2)CC2CNCCN12. The second kappa shape index (κ2) is 5.04. The first-order chi connectivity index (χ1) is 8.83. The van der Waals surface area contributed by atoms with Crippen molar-refractivity contribution in [3.63, 3.8) is 0 Å². The summed E-state index contributed by atoms with van der Waals surface area (Å²) in [5.41, 5.74) is 1.22. The fraction of sp³-hybridized carbons (Fsp3) is 0.538. The van der Waals surface area contributed by atoms with E-state index in [4.69, 9.17) is 0 Å². The maximum absolute atomic E-state index is 12.1. The molecule has 1 unspecified atom stereocenters. The molecule has 0 bridgehead atoms. The zero-order valence-electron chi connectivity index (χ0n) is 10.4. The molecule has 2 aliphatic rings. The van der Waals surface area contributed by atoms with Crippen molar-refractivity contribution in [1.82, 2.24) is 20.1 Å². The molecule has 0 saturated carbocycles. The van der Waals surface area contributed by atoms with Crippen LogP contribution < -0.4 is 5.32 Å². The van der Waals surface area contributed by atoms with E-state index in [9.17, 15) is 4.79 Å². The van der Waals surface area contributed by atoms with Crippen LogP contribution in [0.3, 0.4) is 0 Å². The first kappa shape index (κ1) is 11.6. The summed E-state index contributed by atoms with van der Waals surface area (Å²) in [6.07, 6.45) is 3.60. The molecule has 0 radical (unpaired) electrons. The van der Waals surface area contributed by atoms with Gasteiger partial charge in [0.2, 0.25) is 5.91 Å². The number of carbonyl (C=O) groups excluding carboxylic acids is 1. The molecule has 1 N–H and O–H groups in total. The Morgan fingerprint density at radius 3 is 3.06 bits per heavy atom. The van der Waals surface area contributed by atoms with Crippen LogP contribution >= 0.6 is 0 Å². The highest BCUT2D eigenvalue weighted by atomic mass is 16.2. The summed E-state index contributed by atoms with van der Waals surface area (Å²) in [6.45, 7) is 5.02. The van der Waals surface area contributed by atoms with Gasteiger partial charge in [-0.15, -0.1) is 0 Å². The Bertz CT molecular complexity index is 422. The Morgan fingerprint density at radius 2 is 2.22 bits per heavy atom. The maximum Gasteiger partial charge on any atom is 0.237 e. The predicted molar refractivity (Wildman–Crippen MR) is 67.9 cm³/mol. The van der Waals surface area contributed by atoms with E-state index in [-0.39, 0.29) is 5.91 Å². The van der Waals surface area contributed by atoms with Gasteiger partial charge < -0.3 is 10.2 Å². The molecule has 1 atom stereocenters. The molecule has 5 heteroatoms. The minimum Gasteiger partial charge on any atom is -0.335 e. The fourth-order valence-electron chi connectivity index (χ4n) is 2.76. The van der Waals surface area contributed by atoms with Crippen molar-refractivity contribution in [2.24, 2.45) is 0 Å². The fourth-order valence-corrected chi connectivity index (χ4v) is 2.76. The maximum atomic E-state index is 12.1. The van der Waals surface area contributed by atoms with Gasteiger partial charge in [-0.2, -0.15) is 0 Å². The van der Waals surface area contributed by atoms with Crippen molar-refractivity contribution in [3.8, 4) is 0 Å². The molecule has 0 spiro atoms. The van der Waals surface area contributed by atoms with Crippen LogP contribution in [0.15, 0.2) is 24.5 Å². The number of nitrogens with one attached hydrogen (secondary N) is 1. The summed E-state index contributed by atoms with van der Waals surface area (Å²) in [5, 5.41) is 3.36. The van der Waals surface area contributed by atoms with Crippen LogP contribution in [0.2, 0.25) is 0 Å². The summed E-state index contributed by atoms with van der Waals surface area (Å²) in [7, 11) is 0. The quantitative estimate of drug-likeness (QED) is 0.778. The van der Waals surface area contributed by atoms with Gasteiger partial charge in [0.15, 0.2) is 0 Å². The average molecular weight is 246 g/mol. The Hall–Kier alpha value is -1.46. The summed E-state index contributed by atoms with van der Waals surface area (Å²) < 4.78 is 0. The molecule has 5 nitrogen and oxygen atoms in total. The number of nitrogens with zero attached hydrogens (tertiary/aromatic N) is 3. The molecule has 1 aromatic rings. The molecule has 0 aromatic carbocycles. The number of hydrogen-bond donors (Lipinski definition) is 1. The van der Waals surface area contributed by atoms with Crippen LogP contribution in [0.4, 0.5) is 0 Å². The molecular formula is C13H18N4O. The van der Waals surface area contributed by atoms with Crippen molar-refractivity contribution in [1.29, 1.82) is 0 Å². The van der Waals surface area contributed by atoms with E-state index in [1.54, 1.807) is 12.4 Å². The van der Waals surface area contributed by atoms with Gasteiger partial charge in [0, 0.05) is 45.1 Å². The minimum atomic E-state index is 0.266. The third-order valence-corrected chi connectivity index (χ3v) is 3.65. The number of rotatable bonds is 2. The van der Waals surface area contributed by atoms with E-state index < -0.39 is 0 Å². The van der Waals surface area contributed by atoms with Gasteiger partial charge in [0.05, 0.1) is 12.6 Å². The second-order valence-corrected chi connectivity index (χ2v) is 4.97. The molecule has 96 valence electrons. The lowest BCUT2D eigenvalue weighted by Gasteiger charge is -2.43. The van der Waals surface area contributed by atoms with Gasteiger partial charge >= 0.3 is 0 Å². The lowest BCUT2D eigenvalue weighted by molar-refractivity contribution is -0.141. The number of fused-ring (bicyclic) bond motifs is 1. The van der Waals surface area contributed by atoms with E-state index in [1.165, 1.54) is 5.56 Å². The number of hydrogen-bond acceptors (Lipinski definition) is 4. The van der Waals surface area contributed by atoms with Gasteiger partial charge in [-0.3, -0.25) is 14.7 Å². The Balaban J connectivity index is 1.66. The predicted octanol–water partition coefficient (Wildman–Crippen LogP) is -0.302. The second-order valence-electron chi connectivity index (χ2n) is 4.97. The van der Waals surface area contributed by atoms with Crippen LogP contribution in [0, 0.1) is 0 Å². The van der Waals surface area contributed by atoms with E-state index in [0.717, 1.165) is 32.7 Å². The molecule has 1 aromatic heterocycles. The molecule has 1 amide bonds. The topological polar surface area (TPSA) is 48.5 Å². The average Bonchev–Trinajstić information content (AvgIpc) is 2.40. The highest BCUT2D eigenvalue weighted by molar-refractivity contribution is 5.79. The van der Waals surface area contributed by atoms with E-state index >= 15 is 0 Å². The summed E-state index contributed by atoms with van der Waals surface area (Å²) in [4.78, 5) is 20.3. The monoisotopic (exact) mass is 246 g/mol. The largest absolute Gasteiger partial charge is 0.335 e. The number of amides is 1. The Labute approximate surface area is 107 Å². The van der Waals surface area contributed by atoms with Gasteiger partial charge in [0.25, 0.3) is 0 Å². The van der Waals surface area contributed by atoms with Crippen molar-refractivity contribution in [2.75, 3.05) is 32.7 Å². The molecule has 2 fully saturated rings. The van der Waals surface area contributed by atoms with Gasteiger partial charge in [0.1, 0.15) is 0 Å². The van der Waals surface area contributed by atoms with E-state index in [0.29, 0.717) is 12.6 Å². The molecule has 0 aliphatic carbocycles. The van der Waals surface area contributed by atoms with Crippen molar-refractivity contribution in [2.45, 2.75) is 12.6 Å². The first-order valence-electron chi connectivity index (χ1n) is 6.44. The lowest BCUT2D eigenvalue weighted by atomic mass is 10.1. The zero-order valence-corrected chi connectivity index (χ0v) is 10.4. The zero-order chi connectivity index (χ0) is 12.4. The van der Waals surface area contributed by atoms with Crippen LogP contribution in [0.1, 0.15) is 5.56 Å². The summed E-state index contributed by atoms with van der Waals surface area (Å²) in [6, 6.07) is 4.35. The molecular weight excluding hydrogens is 228 g/mol. The Kier molecular flexibility index (Phi) is 3.25. The van der Waals surface area contributed by atoms with Crippen molar-refractivity contribution >= 4 is 5.91 Å². The Morgan fingerprint density at radius 1 is 1.39 bits per heavy atom. The first-order valence-corrected chi connectivity index (χ1v) is 6.44. The van der Waals surface area contributed by atoms with Crippen molar-refractivity contribution in [3.05, 3.63) is 30.1 Å². The van der Waals surface area contributed by atoms with Crippen LogP contribution in [0.5, 0.6) is 0 Å². The standard InChI is InChI=1S/C13H18N4O/c18-13-10-16(8-11-1-3-14-4-2-11)9-12-7-15-5-6-17(12)13/h1-4,12,15H,5-10H2. The highest BCUT2D eigenvalue weighted by Gasteiger charge is 2.33. The van der Waals surface area contributed by atoms with Gasteiger partial charge in [-0.25, -0.2) is 0 Å². The molecule has 3 rings (SSSR count). The number of piperazine rings is 2. The normalized spacial score (nSPS) is 25.0. The van der Waals surface area contributed by atoms with E-state index in [2.05, 4.69) is 15.2 Å². The third kappa shape index (κ3) is 2.37. The van der Waals surface area contributed by atoms with Crippen molar-refractivity contribution < 1.29 is 4.79 Å². The molecule has 18 heavy (non-hydrogen) atoms.